The number of nitrogens with zero attached hydrogens (tertiary/aromatic N) is 4. The highest BCUT2D eigenvalue weighted by atomic mass is 16.5. The Morgan fingerprint density at radius 2 is 1.43 bits per heavy atom. The van der Waals surface area contributed by atoms with Crippen molar-refractivity contribution in [1.29, 1.82) is 0 Å². The summed E-state index contributed by atoms with van der Waals surface area (Å²) in [6, 6.07) is 27.0. The first-order valence-electron chi connectivity index (χ1n) is 13.5. The van der Waals surface area contributed by atoms with Crippen LogP contribution in [0.5, 0.6) is 11.5 Å². The predicted octanol–water partition coefficient (Wildman–Crippen LogP) is 5.78. The lowest BCUT2D eigenvalue weighted by molar-refractivity contribution is -0.00767. The van der Waals surface area contributed by atoms with Crippen LogP contribution in [0, 0.1) is 5.92 Å². The van der Waals surface area contributed by atoms with Crippen molar-refractivity contribution in [3.8, 4) is 11.5 Å². The molecule has 40 heavy (non-hydrogen) atoms. The van der Waals surface area contributed by atoms with Crippen LogP contribution in [0.25, 0.3) is 11.2 Å². The third-order valence-electron chi connectivity index (χ3n) is 8.00. The van der Waals surface area contributed by atoms with Gasteiger partial charge < -0.3 is 24.5 Å². The maximum absolute atomic E-state index is 7.14. The first-order valence-corrected chi connectivity index (χ1v) is 13.5. The summed E-state index contributed by atoms with van der Waals surface area (Å²) in [4.78, 5) is 13.0. The molecule has 5 aromatic rings. The van der Waals surface area contributed by atoms with Crippen molar-refractivity contribution in [3.05, 3.63) is 108 Å². The zero-order valence-corrected chi connectivity index (χ0v) is 22.7. The van der Waals surface area contributed by atoms with Crippen LogP contribution in [-0.4, -0.2) is 40.3 Å². The number of aromatic nitrogens is 4. The van der Waals surface area contributed by atoms with Crippen LogP contribution in [0.2, 0.25) is 0 Å². The Labute approximate surface area is 233 Å². The number of nitrogen functional groups attached to an aromatic ring is 1. The molecule has 0 amide bonds. The van der Waals surface area contributed by atoms with E-state index in [0.29, 0.717) is 23.9 Å². The summed E-state index contributed by atoms with van der Waals surface area (Å²) in [7, 11) is 3.36. The van der Waals surface area contributed by atoms with Gasteiger partial charge >= 0.3 is 0 Å². The molecule has 0 bridgehead atoms. The fourth-order valence-corrected chi connectivity index (χ4v) is 5.91. The molecular formula is C32H33N5O3. The molecule has 1 aliphatic rings. The molecule has 2 aromatic heterocycles. The van der Waals surface area contributed by atoms with E-state index in [-0.39, 0.29) is 6.04 Å². The van der Waals surface area contributed by atoms with E-state index in [0.717, 1.165) is 53.1 Å². The second-order valence-corrected chi connectivity index (χ2v) is 10.2. The Bertz CT molecular complexity index is 1520. The molecule has 2 unspecified atom stereocenters. The van der Waals surface area contributed by atoms with Crippen molar-refractivity contribution in [2.24, 2.45) is 5.92 Å². The molecule has 204 valence electrons. The van der Waals surface area contributed by atoms with Gasteiger partial charge in [0.2, 0.25) is 0 Å². The van der Waals surface area contributed by atoms with Gasteiger partial charge in [0.05, 0.1) is 27.2 Å². The van der Waals surface area contributed by atoms with Crippen molar-refractivity contribution < 1.29 is 14.2 Å². The third-order valence-corrected chi connectivity index (χ3v) is 8.00. The SMILES string of the molecule is COc1ccc(C(OCC2CCC(n3cnc4c(N)ncnc43)C2)(c2ccccc2)c2ccc(OC)cc2)cc1. The smallest absolute Gasteiger partial charge is 0.165 e. The lowest BCUT2D eigenvalue weighted by atomic mass is 9.80. The fourth-order valence-electron chi connectivity index (χ4n) is 5.91. The first-order chi connectivity index (χ1) is 19.6. The van der Waals surface area contributed by atoms with Gasteiger partial charge in [0.1, 0.15) is 28.9 Å². The molecule has 8 heteroatoms. The Morgan fingerprint density at radius 1 is 0.800 bits per heavy atom. The monoisotopic (exact) mass is 535 g/mol. The Kier molecular flexibility index (Phi) is 7.09. The zero-order chi connectivity index (χ0) is 27.5. The topological polar surface area (TPSA) is 97.3 Å². The van der Waals surface area contributed by atoms with Crippen LogP contribution < -0.4 is 15.2 Å². The summed E-state index contributed by atoms with van der Waals surface area (Å²) in [6.45, 7) is 0.590. The molecule has 1 aliphatic carbocycles. The molecule has 0 aliphatic heterocycles. The minimum Gasteiger partial charge on any atom is -0.497 e. The second kappa shape index (κ2) is 11.0. The fraction of sp³-hybridized carbons (Fsp3) is 0.281. The van der Waals surface area contributed by atoms with E-state index in [2.05, 4.69) is 68.0 Å². The van der Waals surface area contributed by atoms with Crippen molar-refractivity contribution >= 4 is 17.0 Å². The predicted molar refractivity (Wildman–Crippen MR) is 154 cm³/mol. The molecule has 3 aromatic carbocycles. The normalized spacial score (nSPS) is 17.2. The van der Waals surface area contributed by atoms with Gasteiger partial charge in [-0.3, -0.25) is 0 Å². The van der Waals surface area contributed by atoms with E-state index in [4.69, 9.17) is 19.9 Å². The van der Waals surface area contributed by atoms with Gasteiger partial charge in [-0.15, -0.1) is 0 Å². The number of hydrogen-bond acceptors (Lipinski definition) is 7. The number of benzene rings is 3. The molecular weight excluding hydrogens is 502 g/mol. The van der Waals surface area contributed by atoms with E-state index in [1.54, 1.807) is 14.2 Å². The van der Waals surface area contributed by atoms with Crippen LogP contribution in [0.1, 0.15) is 42.0 Å². The van der Waals surface area contributed by atoms with E-state index in [1.165, 1.54) is 6.33 Å². The number of nitrogens with two attached hydrogens (primary N) is 1. The number of imidazole rings is 1. The molecule has 2 heterocycles. The zero-order valence-electron chi connectivity index (χ0n) is 22.7. The van der Waals surface area contributed by atoms with E-state index < -0.39 is 5.60 Å². The number of hydrogen-bond donors (Lipinski definition) is 1. The van der Waals surface area contributed by atoms with Gasteiger partial charge in [0, 0.05) is 6.04 Å². The third kappa shape index (κ3) is 4.64. The van der Waals surface area contributed by atoms with Crippen LogP contribution in [0.3, 0.4) is 0 Å². The highest BCUT2D eigenvalue weighted by Gasteiger charge is 2.39. The lowest BCUT2D eigenvalue weighted by Gasteiger charge is -2.37. The van der Waals surface area contributed by atoms with E-state index >= 15 is 0 Å². The number of anilines is 1. The van der Waals surface area contributed by atoms with Gasteiger partial charge in [0.25, 0.3) is 0 Å². The maximum atomic E-state index is 7.14. The van der Waals surface area contributed by atoms with Crippen molar-refractivity contribution in [2.75, 3.05) is 26.6 Å². The van der Waals surface area contributed by atoms with Gasteiger partial charge in [0.15, 0.2) is 11.5 Å². The molecule has 8 nitrogen and oxygen atoms in total. The quantitative estimate of drug-likeness (QED) is 0.239. The number of ether oxygens (including phenoxy) is 3. The van der Waals surface area contributed by atoms with Gasteiger partial charge in [-0.2, -0.15) is 0 Å². The summed E-state index contributed by atoms with van der Waals surface area (Å²) < 4.78 is 20.2. The Hall–Kier alpha value is -4.43. The summed E-state index contributed by atoms with van der Waals surface area (Å²) in [5.41, 5.74) is 9.79. The van der Waals surface area contributed by atoms with Crippen LogP contribution in [0.4, 0.5) is 5.82 Å². The summed E-state index contributed by atoms with van der Waals surface area (Å²) in [6.07, 6.45) is 6.37. The second-order valence-electron chi connectivity index (χ2n) is 10.2. The van der Waals surface area contributed by atoms with E-state index in [1.807, 2.05) is 36.7 Å². The molecule has 2 atom stereocenters. The Morgan fingerprint density at radius 3 is 2.05 bits per heavy atom. The van der Waals surface area contributed by atoms with Crippen molar-refractivity contribution in [1.82, 2.24) is 19.5 Å². The van der Waals surface area contributed by atoms with Crippen molar-refractivity contribution in [2.45, 2.75) is 30.9 Å². The van der Waals surface area contributed by atoms with E-state index in [9.17, 15) is 0 Å². The number of methoxy groups -OCH3 is 2. The average Bonchev–Trinajstić information content (AvgIpc) is 3.67. The number of rotatable bonds is 9. The van der Waals surface area contributed by atoms with Gasteiger partial charge in [-0.1, -0.05) is 54.6 Å². The largest absolute Gasteiger partial charge is 0.497 e. The molecule has 1 fully saturated rings. The van der Waals surface area contributed by atoms with Crippen LogP contribution in [0.15, 0.2) is 91.5 Å². The minimum atomic E-state index is -0.818. The molecule has 0 radical (unpaired) electrons. The molecule has 1 saturated carbocycles. The highest BCUT2D eigenvalue weighted by Crippen LogP contribution is 2.44. The Balaban J connectivity index is 1.34. The molecule has 2 N–H and O–H groups in total. The molecule has 6 rings (SSSR count). The average molecular weight is 536 g/mol. The van der Waals surface area contributed by atoms with Crippen molar-refractivity contribution in [3.63, 3.8) is 0 Å². The highest BCUT2D eigenvalue weighted by molar-refractivity contribution is 5.81. The summed E-state index contributed by atoms with van der Waals surface area (Å²) in [5.74, 6) is 2.38. The summed E-state index contributed by atoms with van der Waals surface area (Å²) >= 11 is 0. The van der Waals surface area contributed by atoms with Crippen LogP contribution in [-0.2, 0) is 10.3 Å². The number of fused-ring (bicyclic) bond motifs is 1. The van der Waals surface area contributed by atoms with Gasteiger partial charge in [-0.05, 0) is 66.1 Å². The minimum absolute atomic E-state index is 0.279. The molecule has 0 spiro atoms. The first kappa shape index (κ1) is 25.8. The van der Waals surface area contributed by atoms with Crippen LogP contribution >= 0.6 is 0 Å². The lowest BCUT2D eigenvalue weighted by Crippen LogP contribution is -2.34. The maximum Gasteiger partial charge on any atom is 0.165 e. The summed E-state index contributed by atoms with van der Waals surface area (Å²) in [5, 5.41) is 0. The molecule has 0 saturated heterocycles. The standard InChI is InChI=1S/C32H33N5O3/c1-38-27-14-9-24(10-15-27)32(23-6-4-3-5-7-23,25-11-16-28(39-2)17-12-25)40-19-22-8-13-26(18-22)37-21-36-29-30(33)34-20-35-31(29)37/h3-7,9-12,14-17,20-22,26H,8,13,18-19H2,1-2H3,(H2,33,34,35). The van der Waals surface area contributed by atoms with Gasteiger partial charge in [-0.25, -0.2) is 15.0 Å².